The number of thioether (sulfide) groups is 1. The van der Waals surface area contributed by atoms with Gasteiger partial charge in [0.15, 0.2) is 0 Å². The van der Waals surface area contributed by atoms with Gasteiger partial charge < -0.3 is 19.5 Å². The summed E-state index contributed by atoms with van der Waals surface area (Å²) in [6, 6.07) is 3.39. The van der Waals surface area contributed by atoms with Crippen LogP contribution in [0.25, 0.3) is 0 Å². The second-order valence-corrected chi connectivity index (χ2v) is 7.11. The average Bonchev–Trinajstić information content (AvgIpc) is 2.71. The lowest BCUT2D eigenvalue weighted by atomic mass is 10.1. The maximum Gasteiger partial charge on any atom is 0.354 e. The Morgan fingerprint density at radius 1 is 1.03 bits per heavy atom. The molecule has 0 bridgehead atoms. The van der Waals surface area contributed by atoms with E-state index in [9.17, 15) is 24.5 Å². The lowest BCUT2D eigenvalue weighted by molar-refractivity contribution is -0.384. The molecule has 10 nitrogen and oxygen atoms in total. The first kappa shape index (κ1) is 25.2. The fourth-order valence-corrected chi connectivity index (χ4v) is 3.43. The van der Waals surface area contributed by atoms with Crippen LogP contribution in [0.4, 0.5) is 11.4 Å². The predicted octanol–water partition coefficient (Wildman–Crippen LogP) is 3.15. The van der Waals surface area contributed by atoms with Crippen molar-refractivity contribution in [2.24, 2.45) is 0 Å². The summed E-state index contributed by atoms with van der Waals surface area (Å²) in [6.45, 7) is 6.68. The van der Waals surface area contributed by atoms with E-state index in [2.05, 4.69) is 5.32 Å². The molecule has 166 valence electrons. The molecule has 1 aromatic carbocycles. The number of nitrogens with one attached hydrogen (secondary N) is 1. The lowest BCUT2D eigenvalue weighted by Crippen LogP contribution is -2.53. The number of hydrogen-bond donors (Lipinski definition) is 1. The van der Waals surface area contributed by atoms with E-state index >= 15 is 0 Å². The second kappa shape index (κ2) is 12.0. The first-order valence-corrected chi connectivity index (χ1v) is 10.5. The summed E-state index contributed by atoms with van der Waals surface area (Å²) in [6.07, 6.45) is 0.618. The van der Waals surface area contributed by atoms with E-state index in [0.29, 0.717) is 12.2 Å². The fourth-order valence-electron chi connectivity index (χ4n) is 2.39. The third-order valence-electron chi connectivity index (χ3n) is 3.67. The number of benzene rings is 1. The number of rotatable bonds is 12. The number of nitro groups is 1. The van der Waals surface area contributed by atoms with E-state index in [-0.39, 0.29) is 36.8 Å². The van der Waals surface area contributed by atoms with Gasteiger partial charge in [-0.3, -0.25) is 10.1 Å². The number of carbonyl (C=O) groups excluding carboxylic acids is 3. The van der Waals surface area contributed by atoms with Crippen LogP contribution in [-0.2, 0) is 23.8 Å². The van der Waals surface area contributed by atoms with Crippen molar-refractivity contribution < 1.29 is 33.5 Å². The molecule has 0 aromatic heterocycles. The minimum Gasteiger partial charge on any atom is -0.463 e. The van der Waals surface area contributed by atoms with Crippen molar-refractivity contribution in [3.8, 4) is 0 Å². The van der Waals surface area contributed by atoms with Crippen LogP contribution in [0.1, 0.15) is 44.5 Å². The number of esters is 3. The molecule has 0 saturated heterocycles. The van der Waals surface area contributed by atoms with E-state index in [4.69, 9.17) is 14.2 Å². The summed E-state index contributed by atoms with van der Waals surface area (Å²) in [4.78, 5) is 46.6. The van der Waals surface area contributed by atoms with Crippen LogP contribution in [0, 0.1) is 10.1 Å². The summed E-state index contributed by atoms with van der Waals surface area (Å²) in [5.41, 5.74) is -0.530. The van der Waals surface area contributed by atoms with E-state index in [1.807, 2.05) is 6.92 Å². The number of nitro benzene ring substituents is 1. The number of ether oxygens (including phenoxy) is 3. The summed E-state index contributed by atoms with van der Waals surface area (Å²) in [5.74, 6) is -2.25. The highest BCUT2D eigenvalue weighted by Gasteiger charge is 2.50. The molecule has 1 N–H and O–H groups in total. The highest BCUT2D eigenvalue weighted by molar-refractivity contribution is 8.02. The van der Waals surface area contributed by atoms with Gasteiger partial charge >= 0.3 is 17.9 Å². The first-order chi connectivity index (χ1) is 14.3. The van der Waals surface area contributed by atoms with Gasteiger partial charge in [-0.25, -0.2) is 14.4 Å². The first-order valence-electron chi connectivity index (χ1n) is 9.49. The molecule has 0 aliphatic rings. The van der Waals surface area contributed by atoms with Crippen molar-refractivity contribution in [3.05, 3.63) is 33.9 Å². The Bertz CT molecular complexity index is 766. The molecule has 0 radical (unpaired) electrons. The third kappa shape index (κ3) is 6.09. The minimum absolute atomic E-state index is 0.00593. The monoisotopic (exact) mass is 442 g/mol. The maximum absolute atomic E-state index is 12.9. The molecule has 0 fully saturated rings. The Hall–Kier alpha value is -2.82. The van der Waals surface area contributed by atoms with Gasteiger partial charge in [0.25, 0.3) is 10.6 Å². The van der Waals surface area contributed by atoms with Crippen LogP contribution in [-0.4, -0.2) is 53.3 Å². The van der Waals surface area contributed by atoms with Crippen LogP contribution in [0.2, 0.25) is 0 Å². The minimum atomic E-state index is -2.06. The SMILES string of the molecule is CCCSC(Nc1cc([N+](=O)[O-])ccc1C(=O)OCC)(C(=O)OCC)C(=O)OCC. The Morgan fingerprint density at radius 2 is 1.60 bits per heavy atom. The Labute approximate surface area is 178 Å². The van der Waals surface area contributed by atoms with Gasteiger partial charge in [0.1, 0.15) is 0 Å². The Morgan fingerprint density at radius 3 is 2.07 bits per heavy atom. The molecule has 0 unspecified atom stereocenters. The molecule has 0 atom stereocenters. The van der Waals surface area contributed by atoms with Crippen LogP contribution >= 0.6 is 11.8 Å². The zero-order chi connectivity index (χ0) is 22.7. The maximum atomic E-state index is 12.9. The molecule has 11 heteroatoms. The van der Waals surface area contributed by atoms with Crippen LogP contribution < -0.4 is 5.32 Å². The van der Waals surface area contributed by atoms with Gasteiger partial charge in [0.05, 0.1) is 36.0 Å². The molecule has 0 amide bonds. The van der Waals surface area contributed by atoms with Crippen LogP contribution in [0.3, 0.4) is 0 Å². The lowest BCUT2D eigenvalue weighted by Gasteiger charge is -2.30. The number of anilines is 1. The van der Waals surface area contributed by atoms with Crippen molar-refractivity contribution in [1.29, 1.82) is 0 Å². The third-order valence-corrected chi connectivity index (χ3v) is 5.15. The number of nitrogens with zero attached hydrogens (tertiary/aromatic N) is 1. The summed E-state index contributed by atoms with van der Waals surface area (Å²) < 4.78 is 15.2. The Kier molecular flexibility index (Phi) is 10.1. The molecule has 30 heavy (non-hydrogen) atoms. The Balaban J connectivity index is 3.63. The quantitative estimate of drug-likeness (QED) is 0.128. The van der Waals surface area contributed by atoms with Gasteiger partial charge in [-0.15, -0.1) is 11.8 Å². The van der Waals surface area contributed by atoms with Gasteiger partial charge in [0, 0.05) is 12.1 Å². The molecular formula is C19H26N2O8S. The van der Waals surface area contributed by atoms with Crippen molar-refractivity contribution in [3.63, 3.8) is 0 Å². The number of carbonyl (C=O) groups is 3. The van der Waals surface area contributed by atoms with Crippen LogP contribution in [0.15, 0.2) is 18.2 Å². The molecule has 0 saturated carbocycles. The number of hydrogen-bond acceptors (Lipinski definition) is 10. The average molecular weight is 442 g/mol. The summed E-state index contributed by atoms with van der Waals surface area (Å²) >= 11 is 0.926. The fraction of sp³-hybridized carbons (Fsp3) is 0.526. The van der Waals surface area contributed by atoms with Crippen LogP contribution in [0.5, 0.6) is 0 Å². The standard InChI is InChI=1S/C19H26N2O8S/c1-5-11-30-19(17(23)28-7-3,18(24)29-8-4)20-15-12-13(21(25)26)9-10-14(15)16(22)27-6-2/h9-10,12,20H,5-8,11H2,1-4H3. The van der Waals surface area contributed by atoms with E-state index in [1.165, 1.54) is 6.07 Å². The zero-order valence-electron chi connectivity index (χ0n) is 17.4. The van der Waals surface area contributed by atoms with Crippen molar-refractivity contribution in [2.75, 3.05) is 30.9 Å². The number of non-ortho nitro benzene ring substituents is 1. The topological polar surface area (TPSA) is 134 Å². The molecular weight excluding hydrogens is 416 g/mol. The van der Waals surface area contributed by atoms with Gasteiger partial charge in [-0.1, -0.05) is 6.92 Å². The van der Waals surface area contributed by atoms with Crippen molar-refractivity contribution in [2.45, 2.75) is 39.0 Å². The highest BCUT2D eigenvalue weighted by Crippen LogP contribution is 2.34. The van der Waals surface area contributed by atoms with Crippen molar-refractivity contribution in [1.82, 2.24) is 0 Å². The van der Waals surface area contributed by atoms with Gasteiger partial charge in [0.2, 0.25) is 0 Å². The summed E-state index contributed by atoms with van der Waals surface area (Å²) in [7, 11) is 0. The molecule has 0 aliphatic heterocycles. The molecule has 0 spiro atoms. The summed E-state index contributed by atoms with van der Waals surface area (Å²) in [5, 5.41) is 14.0. The van der Waals surface area contributed by atoms with E-state index in [0.717, 1.165) is 23.9 Å². The largest absolute Gasteiger partial charge is 0.463 e. The highest BCUT2D eigenvalue weighted by atomic mass is 32.2. The van der Waals surface area contributed by atoms with Crippen molar-refractivity contribution >= 4 is 41.0 Å². The van der Waals surface area contributed by atoms with Gasteiger partial charge in [-0.2, -0.15) is 0 Å². The molecule has 0 aliphatic carbocycles. The molecule has 1 aromatic rings. The zero-order valence-corrected chi connectivity index (χ0v) is 18.2. The van der Waals surface area contributed by atoms with E-state index < -0.39 is 27.7 Å². The molecule has 1 rings (SSSR count). The molecule has 0 heterocycles. The predicted molar refractivity (Wildman–Crippen MR) is 111 cm³/mol. The smallest absolute Gasteiger partial charge is 0.354 e. The second-order valence-electron chi connectivity index (χ2n) is 5.80. The van der Waals surface area contributed by atoms with Gasteiger partial charge in [-0.05, 0) is 39.0 Å². The van der Waals surface area contributed by atoms with E-state index in [1.54, 1.807) is 20.8 Å². The normalized spacial score (nSPS) is 10.8.